The van der Waals surface area contributed by atoms with E-state index in [1.54, 1.807) is 0 Å². The van der Waals surface area contributed by atoms with Gasteiger partial charge in [0.25, 0.3) is 0 Å². The summed E-state index contributed by atoms with van der Waals surface area (Å²) in [5, 5.41) is 12.0. The Balaban J connectivity index is 2.27. The number of rotatable bonds is 10. The van der Waals surface area contributed by atoms with Crippen LogP contribution in [-0.4, -0.2) is 38.1 Å². The molecular formula is C14H23NO3. The van der Waals surface area contributed by atoms with Gasteiger partial charge in [0.15, 0.2) is 0 Å². The Labute approximate surface area is 109 Å². The van der Waals surface area contributed by atoms with Crippen LogP contribution in [0, 0.1) is 0 Å². The lowest BCUT2D eigenvalue weighted by Gasteiger charge is -2.09. The second-order valence-corrected chi connectivity index (χ2v) is 3.93. The van der Waals surface area contributed by atoms with E-state index in [1.807, 2.05) is 31.2 Å². The van der Waals surface area contributed by atoms with Crippen LogP contribution in [0.5, 0.6) is 5.75 Å². The molecule has 0 aliphatic carbocycles. The van der Waals surface area contributed by atoms with Gasteiger partial charge in [-0.1, -0.05) is 6.07 Å². The third-order valence-corrected chi connectivity index (χ3v) is 2.45. The van der Waals surface area contributed by atoms with E-state index in [-0.39, 0.29) is 6.61 Å². The average molecular weight is 253 g/mol. The Morgan fingerprint density at radius 3 is 2.89 bits per heavy atom. The first-order chi connectivity index (χ1) is 8.86. The maximum absolute atomic E-state index is 8.69. The van der Waals surface area contributed by atoms with E-state index in [1.165, 1.54) is 0 Å². The van der Waals surface area contributed by atoms with E-state index in [0.29, 0.717) is 13.2 Å². The van der Waals surface area contributed by atoms with E-state index in [0.717, 1.165) is 37.4 Å². The van der Waals surface area contributed by atoms with Gasteiger partial charge in [-0.3, -0.25) is 0 Å². The van der Waals surface area contributed by atoms with E-state index in [2.05, 4.69) is 5.32 Å². The summed E-state index contributed by atoms with van der Waals surface area (Å²) in [7, 11) is 0. The number of hydrogen-bond donors (Lipinski definition) is 2. The molecular weight excluding hydrogens is 230 g/mol. The van der Waals surface area contributed by atoms with Crippen molar-refractivity contribution in [3.8, 4) is 5.75 Å². The van der Waals surface area contributed by atoms with Crippen LogP contribution < -0.4 is 10.1 Å². The maximum atomic E-state index is 8.69. The van der Waals surface area contributed by atoms with Crippen molar-refractivity contribution in [2.75, 3.05) is 38.3 Å². The molecule has 0 aliphatic heterocycles. The summed E-state index contributed by atoms with van der Waals surface area (Å²) < 4.78 is 10.8. The molecule has 1 rings (SSSR count). The van der Waals surface area contributed by atoms with Gasteiger partial charge in [-0.15, -0.1) is 0 Å². The largest absolute Gasteiger partial charge is 0.491 e. The van der Waals surface area contributed by atoms with E-state index in [4.69, 9.17) is 14.6 Å². The molecule has 0 radical (unpaired) electrons. The molecule has 4 nitrogen and oxygen atoms in total. The van der Waals surface area contributed by atoms with E-state index in [9.17, 15) is 0 Å². The van der Waals surface area contributed by atoms with Crippen molar-refractivity contribution < 1.29 is 14.6 Å². The summed E-state index contributed by atoms with van der Waals surface area (Å²) in [6.07, 6.45) is 1.80. The zero-order valence-corrected chi connectivity index (χ0v) is 11.0. The van der Waals surface area contributed by atoms with Crippen molar-refractivity contribution in [3.05, 3.63) is 24.3 Å². The van der Waals surface area contributed by atoms with Gasteiger partial charge < -0.3 is 19.9 Å². The van der Waals surface area contributed by atoms with Gasteiger partial charge in [0.2, 0.25) is 0 Å². The van der Waals surface area contributed by atoms with Crippen LogP contribution in [0.15, 0.2) is 24.3 Å². The van der Waals surface area contributed by atoms with Gasteiger partial charge in [-0.25, -0.2) is 0 Å². The first-order valence-electron chi connectivity index (χ1n) is 6.52. The van der Waals surface area contributed by atoms with Crippen molar-refractivity contribution in [3.63, 3.8) is 0 Å². The summed E-state index contributed by atoms with van der Waals surface area (Å²) in [6, 6.07) is 7.88. The highest BCUT2D eigenvalue weighted by Gasteiger charge is 1.96. The molecule has 0 amide bonds. The number of ether oxygens (including phenoxy) is 2. The molecule has 18 heavy (non-hydrogen) atoms. The van der Waals surface area contributed by atoms with Crippen molar-refractivity contribution in [2.45, 2.75) is 19.8 Å². The van der Waals surface area contributed by atoms with Crippen molar-refractivity contribution in [1.82, 2.24) is 0 Å². The summed E-state index contributed by atoms with van der Waals surface area (Å²) in [5.41, 5.74) is 1.04. The minimum atomic E-state index is 0.252. The molecule has 0 bridgehead atoms. The SMILES string of the molecule is CCOCCOc1cccc(NCCCCO)c1. The molecule has 0 aliphatic rings. The molecule has 0 atom stereocenters. The molecule has 0 saturated carbocycles. The van der Waals surface area contributed by atoms with Crippen molar-refractivity contribution >= 4 is 5.69 Å². The van der Waals surface area contributed by atoms with Crippen molar-refractivity contribution in [1.29, 1.82) is 0 Å². The Morgan fingerprint density at radius 1 is 1.22 bits per heavy atom. The van der Waals surface area contributed by atoms with Crippen LogP contribution >= 0.6 is 0 Å². The minimum Gasteiger partial charge on any atom is -0.491 e. The topological polar surface area (TPSA) is 50.7 Å². The lowest BCUT2D eigenvalue weighted by molar-refractivity contribution is 0.110. The number of benzene rings is 1. The van der Waals surface area contributed by atoms with Crippen LogP contribution in [0.4, 0.5) is 5.69 Å². The van der Waals surface area contributed by atoms with Crippen LogP contribution in [0.3, 0.4) is 0 Å². The summed E-state index contributed by atoms with van der Waals surface area (Å²) in [6.45, 7) is 4.99. The number of aliphatic hydroxyl groups is 1. The number of aliphatic hydroxyl groups excluding tert-OH is 1. The first-order valence-corrected chi connectivity index (χ1v) is 6.52. The zero-order valence-electron chi connectivity index (χ0n) is 11.0. The maximum Gasteiger partial charge on any atom is 0.121 e. The van der Waals surface area contributed by atoms with Gasteiger partial charge >= 0.3 is 0 Å². The number of nitrogens with one attached hydrogen (secondary N) is 1. The fraction of sp³-hybridized carbons (Fsp3) is 0.571. The molecule has 0 saturated heterocycles. The lowest BCUT2D eigenvalue weighted by atomic mass is 10.2. The number of hydrogen-bond acceptors (Lipinski definition) is 4. The Hall–Kier alpha value is -1.26. The van der Waals surface area contributed by atoms with Crippen molar-refractivity contribution in [2.24, 2.45) is 0 Å². The molecule has 102 valence electrons. The second-order valence-electron chi connectivity index (χ2n) is 3.93. The predicted octanol–water partition coefficient (Wildman–Crippen LogP) is 2.29. The van der Waals surface area contributed by atoms with Gasteiger partial charge in [0, 0.05) is 31.5 Å². The van der Waals surface area contributed by atoms with Crippen LogP contribution in [0.2, 0.25) is 0 Å². The molecule has 1 aromatic carbocycles. The summed E-state index contributed by atoms with van der Waals surface area (Å²) in [4.78, 5) is 0. The zero-order chi connectivity index (χ0) is 13.1. The highest BCUT2D eigenvalue weighted by atomic mass is 16.5. The molecule has 0 heterocycles. The normalized spacial score (nSPS) is 10.3. The third kappa shape index (κ3) is 6.47. The van der Waals surface area contributed by atoms with Crippen LogP contribution in [0.25, 0.3) is 0 Å². The first kappa shape index (κ1) is 14.8. The summed E-state index contributed by atoms with van der Waals surface area (Å²) >= 11 is 0. The highest BCUT2D eigenvalue weighted by Crippen LogP contribution is 2.17. The molecule has 0 unspecified atom stereocenters. The minimum absolute atomic E-state index is 0.252. The molecule has 0 spiro atoms. The molecule has 1 aromatic rings. The standard InChI is InChI=1S/C14H23NO3/c1-2-17-10-11-18-14-7-5-6-13(12-14)15-8-3-4-9-16/h5-7,12,15-16H,2-4,8-11H2,1H3. The molecule has 4 heteroatoms. The Morgan fingerprint density at radius 2 is 2.11 bits per heavy atom. The Bertz CT molecular complexity index is 290. The van der Waals surface area contributed by atoms with Crippen LogP contribution in [0.1, 0.15) is 19.8 Å². The number of unbranched alkanes of at least 4 members (excludes halogenated alkanes) is 1. The predicted molar refractivity (Wildman–Crippen MR) is 73.2 cm³/mol. The summed E-state index contributed by atoms with van der Waals surface area (Å²) in [5.74, 6) is 0.849. The Kier molecular flexibility index (Phi) is 8.01. The van der Waals surface area contributed by atoms with E-state index >= 15 is 0 Å². The fourth-order valence-corrected chi connectivity index (χ4v) is 1.53. The lowest BCUT2D eigenvalue weighted by Crippen LogP contribution is -2.07. The van der Waals surface area contributed by atoms with Gasteiger partial charge in [0.1, 0.15) is 12.4 Å². The van der Waals surface area contributed by atoms with Gasteiger partial charge in [0.05, 0.1) is 6.61 Å². The monoisotopic (exact) mass is 253 g/mol. The number of anilines is 1. The van der Waals surface area contributed by atoms with E-state index < -0.39 is 0 Å². The van der Waals surface area contributed by atoms with Gasteiger partial charge in [-0.05, 0) is 31.9 Å². The fourth-order valence-electron chi connectivity index (χ4n) is 1.53. The highest BCUT2D eigenvalue weighted by molar-refractivity contribution is 5.48. The second kappa shape index (κ2) is 9.74. The molecule has 0 aromatic heterocycles. The smallest absolute Gasteiger partial charge is 0.121 e. The molecule has 0 fully saturated rings. The third-order valence-electron chi connectivity index (χ3n) is 2.45. The van der Waals surface area contributed by atoms with Crippen LogP contribution in [-0.2, 0) is 4.74 Å². The average Bonchev–Trinajstić information content (AvgIpc) is 2.40. The molecule has 2 N–H and O–H groups in total. The van der Waals surface area contributed by atoms with Gasteiger partial charge in [-0.2, -0.15) is 0 Å². The quantitative estimate of drug-likeness (QED) is 0.628.